The lowest BCUT2D eigenvalue weighted by molar-refractivity contribution is 0.102. The van der Waals surface area contributed by atoms with Crippen molar-refractivity contribution < 1.29 is 14.3 Å². The molecule has 23 heavy (non-hydrogen) atoms. The van der Waals surface area contributed by atoms with E-state index in [-0.39, 0.29) is 24.9 Å². The minimum atomic E-state index is -0.229. The van der Waals surface area contributed by atoms with Crippen molar-refractivity contribution in [1.82, 2.24) is 4.98 Å². The molecule has 1 heterocycles. The van der Waals surface area contributed by atoms with Crippen molar-refractivity contribution in [2.45, 2.75) is 13.5 Å². The molecule has 2 rings (SSSR count). The summed E-state index contributed by atoms with van der Waals surface area (Å²) in [6, 6.07) is 6.86. The molecule has 7 heteroatoms. The Morgan fingerprint density at radius 3 is 2.48 bits per heavy atom. The topological polar surface area (TPSA) is 86.5 Å². The lowest BCUT2D eigenvalue weighted by Gasteiger charge is -2.13. The summed E-state index contributed by atoms with van der Waals surface area (Å²) in [5, 5.41) is 2.86. The van der Waals surface area contributed by atoms with Crippen LogP contribution < -0.4 is 20.5 Å². The molecular formula is C16H20ClN3O3. The lowest BCUT2D eigenvalue weighted by atomic mass is 10.1. The van der Waals surface area contributed by atoms with E-state index in [0.29, 0.717) is 28.4 Å². The first-order valence-corrected chi connectivity index (χ1v) is 6.78. The Bertz CT molecular complexity index is 692. The molecule has 1 aromatic heterocycles. The summed E-state index contributed by atoms with van der Waals surface area (Å²) in [7, 11) is 3.12. The second kappa shape index (κ2) is 8.36. The van der Waals surface area contributed by atoms with Gasteiger partial charge in [0, 0.05) is 30.1 Å². The van der Waals surface area contributed by atoms with E-state index in [9.17, 15) is 4.79 Å². The van der Waals surface area contributed by atoms with Crippen molar-refractivity contribution in [3.05, 3.63) is 47.3 Å². The molecule has 0 atom stereocenters. The smallest absolute Gasteiger partial charge is 0.255 e. The highest BCUT2D eigenvalue weighted by atomic mass is 35.5. The van der Waals surface area contributed by atoms with Crippen LogP contribution in [0.4, 0.5) is 5.69 Å². The van der Waals surface area contributed by atoms with Crippen molar-refractivity contribution in [3.63, 3.8) is 0 Å². The molecule has 0 radical (unpaired) electrons. The van der Waals surface area contributed by atoms with E-state index in [1.165, 1.54) is 0 Å². The summed E-state index contributed by atoms with van der Waals surface area (Å²) >= 11 is 0. The Hall–Kier alpha value is -2.31. The quantitative estimate of drug-likeness (QED) is 0.875. The van der Waals surface area contributed by atoms with Crippen LogP contribution in [0.2, 0.25) is 0 Å². The van der Waals surface area contributed by atoms with Crippen LogP contribution in [0.5, 0.6) is 11.5 Å². The van der Waals surface area contributed by atoms with Crippen molar-refractivity contribution in [3.8, 4) is 11.5 Å². The van der Waals surface area contributed by atoms with Gasteiger partial charge < -0.3 is 20.5 Å². The molecular weight excluding hydrogens is 318 g/mol. The molecule has 3 N–H and O–H groups in total. The zero-order valence-electron chi connectivity index (χ0n) is 13.3. The van der Waals surface area contributed by atoms with Gasteiger partial charge in [0.15, 0.2) is 11.5 Å². The van der Waals surface area contributed by atoms with Crippen molar-refractivity contribution in [2.75, 3.05) is 19.5 Å². The summed E-state index contributed by atoms with van der Waals surface area (Å²) in [5.74, 6) is 0.945. The molecule has 0 saturated heterocycles. The molecule has 2 aromatic rings. The number of carbonyl (C=O) groups is 1. The Labute approximate surface area is 141 Å². The number of aromatic nitrogens is 1. The number of aryl methyl sites for hydroxylation is 1. The van der Waals surface area contributed by atoms with Crippen molar-refractivity contribution >= 4 is 24.0 Å². The Morgan fingerprint density at radius 1 is 1.22 bits per heavy atom. The number of halogens is 1. The summed E-state index contributed by atoms with van der Waals surface area (Å²) in [4.78, 5) is 16.4. The van der Waals surface area contributed by atoms with Gasteiger partial charge in [-0.3, -0.25) is 9.78 Å². The number of benzene rings is 1. The number of hydrogen-bond acceptors (Lipinski definition) is 5. The molecule has 0 bridgehead atoms. The summed E-state index contributed by atoms with van der Waals surface area (Å²) < 4.78 is 10.5. The summed E-state index contributed by atoms with van der Waals surface area (Å²) in [6.45, 7) is 2.17. The van der Waals surface area contributed by atoms with Gasteiger partial charge in [-0.2, -0.15) is 0 Å². The standard InChI is InChI=1S/C16H19N3O3.ClH/c1-10-6-14(21-2)15(22-3)8-13(10)19-16(20)11-4-5-18-12(7-11)9-17;/h4-8H,9,17H2,1-3H3,(H,19,20);1H. The van der Waals surface area contributed by atoms with Gasteiger partial charge in [-0.1, -0.05) is 0 Å². The first-order chi connectivity index (χ1) is 10.6. The average Bonchev–Trinajstić information content (AvgIpc) is 2.56. The highest BCUT2D eigenvalue weighted by Gasteiger charge is 2.12. The molecule has 1 amide bonds. The number of pyridine rings is 1. The number of carbonyl (C=O) groups excluding carboxylic acids is 1. The predicted octanol–water partition coefficient (Wildman–Crippen LogP) is 2.54. The molecule has 6 nitrogen and oxygen atoms in total. The number of nitrogens with two attached hydrogens (primary N) is 1. The predicted molar refractivity (Wildman–Crippen MR) is 91.6 cm³/mol. The number of nitrogens with one attached hydrogen (secondary N) is 1. The first-order valence-electron chi connectivity index (χ1n) is 6.78. The van der Waals surface area contributed by atoms with Crippen LogP contribution in [-0.2, 0) is 6.54 Å². The molecule has 0 saturated carbocycles. The highest BCUT2D eigenvalue weighted by Crippen LogP contribution is 2.33. The Balaban J connectivity index is 0.00000264. The second-order valence-corrected chi connectivity index (χ2v) is 4.72. The van der Waals surface area contributed by atoms with Gasteiger partial charge >= 0.3 is 0 Å². The fraction of sp³-hybridized carbons (Fsp3) is 0.250. The summed E-state index contributed by atoms with van der Waals surface area (Å²) in [6.07, 6.45) is 1.57. The van der Waals surface area contributed by atoms with E-state index < -0.39 is 0 Å². The maximum Gasteiger partial charge on any atom is 0.255 e. The molecule has 124 valence electrons. The first kappa shape index (κ1) is 18.7. The zero-order chi connectivity index (χ0) is 16.1. The number of rotatable bonds is 5. The minimum Gasteiger partial charge on any atom is -0.493 e. The van der Waals surface area contributed by atoms with Crippen LogP contribution in [-0.4, -0.2) is 25.1 Å². The molecule has 0 aliphatic rings. The van der Waals surface area contributed by atoms with Crippen LogP contribution in [0.15, 0.2) is 30.5 Å². The van der Waals surface area contributed by atoms with Gasteiger partial charge in [0.2, 0.25) is 0 Å². The number of ether oxygens (including phenoxy) is 2. The number of anilines is 1. The fourth-order valence-corrected chi connectivity index (χ4v) is 2.04. The minimum absolute atomic E-state index is 0. The van der Waals surface area contributed by atoms with Gasteiger partial charge in [-0.15, -0.1) is 12.4 Å². The lowest BCUT2D eigenvalue weighted by Crippen LogP contribution is -2.14. The maximum atomic E-state index is 12.3. The van der Waals surface area contributed by atoms with Crippen molar-refractivity contribution in [1.29, 1.82) is 0 Å². The third-order valence-corrected chi connectivity index (χ3v) is 3.27. The molecule has 0 fully saturated rings. The van der Waals surface area contributed by atoms with E-state index in [2.05, 4.69) is 10.3 Å². The normalized spacial score (nSPS) is 9.74. The third-order valence-electron chi connectivity index (χ3n) is 3.27. The van der Waals surface area contributed by atoms with Crippen LogP contribution in [0, 0.1) is 6.92 Å². The van der Waals surface area contributed by atoms with E-state index in [1.807, 2.05) is 13.0 Å². The largest absolute Gasteiger partial charge is 0.493 e. The summed E-state index contributed by atoms with van der Waals surface area (Å²) in [5.41, 5.74) is 8.24. The molecule has 0 aliphatic carbocycles. The van der Waals surface area contributed by atoms with Crippen LogP contribution in [0.1, 0.15) is 21.6 Å². The van der Waals surface area contributed by atoms with E-state index >= 15 is 0 Å². The van der Waals surface area contributed by atoms with Gasteiger partial charge in [-0.05, 0) is 30.7 Å². The number of nitrogens with zero attached hydrogens (tertiary/aromatic N) is 1. The number of methoxy groups -OCH3 is 2. The third kappa shape index (κ3) is 4.34. The fourth-order valence-electron chi connectivity index (χ4n) is 2.04. The molecule has 0 unspecified atom stereocenters. The average molecular weight is 338 g/mol. The van der Waals surface area contributed by atoms with Crippen LogP contribution in [0.25, 0.3) is 0 Å². The zero-order valence-corrected chi connectivity index (χ0v) is 14.1. The number of amides is 1. The van der Waals surface area contributed by atoms with E-state index in [4.69, 9.17) is 15.2 Å². The molecule has 0 aliphatic heterocycles. The number of hydrogen-bond donors (Lipinski definition) is 2. The Kier molecular flexibility index (Phi) is 6.81. The van der Waals surface area contributed by atoms with Gasteiger partial charge in [0.05, 0.1) is 19.9 Å². The van der Waals surface area contributed by atoms with Crippen molar-refractivity contribution in [2.24, 2.45) is 5.73 Å². The Morgan fingerprint density at radius 2 is 1.87 bits per heavy atom. The van der Waals surface area contributed by atoms with Crippen LogP contribution in [0.3, 0.4) is 0 Å². The monoisotopic (exact) mass is 337 g/mol. The molecule has 0 spiro atoms. The SMILES string of the molecule is COc1cc(C)c(NC(=O)c2ccnc(CN)c2)cc1OC.Cl. The van der Waals surface area contributed by atoms with E-state index in [0.717, 1.165) is 5.56 Å². The van der Waals surface area contributed by atoms with Gasteiger partial charge in [0.25, 0.3) is 5.91 Å². The highest BCUT2D eigenvalue weighted by molar-refractivity contribution is 6.04. The molecule has 1 aromatic carbocycles. The van der Waals surface area contributed by atoms with Crippen LogP contribution >= 0.6 is 12.4 Å². The maximum absolute atomic E-state index is 12.3. The second-order valence-electron chi connectivity index (χ2n) is 4.72. The van der Waals surface area contributed by atoms with Gasteiger partial charge in [0.1, 0.15) is 0 Å². The van der Waals surface area contributed by atoms with E-state index in [1.54, 1.807) is 38.6 Å². The van der Waals surface area contributed by atoms with Gasteiger partial charge in [-0.25, -0.2) is 0 Å².